The van der Waals surface area contributed by atoms with Gasteiger partial charge in [0.25, 0.3) is 0 Å². The number of methoxy groups -OCH3 is 3. The van der Waals surface area contributed by atoms with Crippen molar-refractivity contribution < 1.29 is 40.6 Å². The van der Waals surface area contributed by atoms with Crippen LogP contribution in [0.3, 0.4) is 0 Å². The van der Waals surface area contributed by atoms with Crippen molar-refractivity contribution in [3.05, 3.63) is 120 Å². The molecule has 1 aliphatic heterocycles. The molecular formula is C46H50N10O9S2. The van der Waals surface area contributed by atoms with Crippen LogP contribution >= 0.6 is 0 Å². The summed E-state index contributed by atoms with van der Waals surface area (Å²) in [5.74, 6) is 1.59. The summed E-state index contributed by atoms with van der Waals surface area (Å²) in [4.78, 5) is 14.6. The van der Waals surface area contributed by atoms with Crippen molar-refractivity contribution in [1.82, 2.24) is 49.5 Å². The number of carbonyl (C=O) groups is 1. The standard InChI is InChI=1S/C46H50N10O9S2/c1-46(2,3)65-45(57)54-25-24-33(29-54)51-66(58,59)40-23-22-37(38-8-7-9-39-42(38)48-52-47-39)41(44-49-53-56(50-44)28-32-14-20-36(64-6)21-15-32)43(40)67(60,61)55(26-30-10-16-34(62-4)17-11-30)27-31-12-18-35(63-5)19-13-31/h7-23,33,51H,24-29H2,1-6H3,(H,47,48,52)/t33-/m1/s1. The zero-order chi connectivity index (χ0) is 47.5. The van der Waals surface area contributed by atoms with Crippen molar-refractivity contribution in [3.63, 3.8) is 0 Å². The summed E-state index contributed by atoms with van der Waals surface area (Å²) in [6.45, 7) is 5.16. The van der Waals surface area contributed by atoms with E-state index >= 15 is 16.8 Å². The lowest BCUT2D eigenvalue weighted by molar-refractivity contribution is 0.0292. The number of aromatic amines is 1. The number of ether oxygens (including phenoxy) is 4. The molecule has 0 aliphatic carbocycles. The second kappa shape index (κ2) is 19.1. The number of aromatic nitrogens is 7. The highest BCUT2D eigenvalue weighted by molar-refractivity contribution is 7.92. The number of amides is 1. The van der Waals surface area contributed by atoms with Crippen LogP contribution in [0.1, 0.15) is 43.9 Å². The lowest BCUT2D eigenvalue weighted by atomic mass is 9.98. The fourth-order valence-corrected chi connectivity index (χ4v) is 11.4. The molecule has 1 fully saturated rings. The number of nitrogens with zero attached hydrogens (tertiary/aromatic N) is 8. The highest BCUT2D eigenvalue weighted by atomic mass is 32.2. The number of hydrogen-bond donors (Lipinski definition) is 2. The van der Waals surface area contributed by atoms with Gasteiger partial charge < -0.3 is 23.8 Å². The van der Waals surface area contributed by atoms with Crippen LogP contribution in [0.2, 0.25) is 0 Å². The molecule has 1 amide bonds. The Morgan fingerprint density at radius 2 is 1.37 bits per heavy atom. The number of fused-ring (bicyclic) bond motifs is 1. The molecule has 21 heteroatoms. The van der Waals surface area contributed by atoms with Crippen molar-refractivity contribution in [2.45, 2.75) is 68.3 Å². The van der Waals surface area contributed by atoms with E-state index in [1.54, 1.807) is 107 Å². The molecule has 1 saturated heterocycles. The molecule has 67 heavy (non-hydrogen) atoms. The normalized spacial score (nSPS) is 14.4. The van der Waals surface area contributed by atoms with Crippen molar-refractivity contribution in [2.24, 2.45) is 0 Å². The molecule has 0 saturated carbocycles. The van der Waals surface area contributed by atoms with Crippen LogP contribution in [-0.4, -0.2) is 114 Å². The van der Waals surface area contributed by atoms with Crippen LogP contribution in [-0.2, 0) is 44.4 Å². The Hall–Kier alpha value is -6.94. The van der Waals surface area contributed by atoms with Crippen LogP contribution in [0.25, 0.3) is 33.5 Å². The van der Waals surface area contributed by atoms with Gasteiger partial charge in [0.1, 0.15) is 38.2 Å². The third-order valence-corrected chi connectivity index (χ3v) is 14.6. The molecule has 0 radical (unpaired) electrons. The van der Waals surface area contributed by atoms with Gasteiger partial charge in [-0.05, 0) is 103 Å². The summed E-state index contributed by atoms with van der Waals surface area (Å²) in [6, 6.07) is 28.2. The predicted octanol–water partition coefficient (Wildman–Crippen LogP) is 6.03. The van der Waals surface area contributed by atoms with Gasteiger partial charge in [-0.2, -0.15) is 9.10 Å². The smallest absolute Gasteiger partial charge is 0.410 e. The number of rotatable bonds is 16. The Morgan fingerprint density at radius 1 is 0.776 bits per heavy atom. The zero-order valence-electron chi connectivity index (χ0n) is 37.7. The minimum Gasteiger partial charge on any atom is -0.497 e. The molecule has 5 aromatic carbocycles. The monoisotopic (exact) mass is 950 g/mol. The molecular weight excluding hydrogens is 901 g/mol. The lowest BCUT2D eigenvalue weighted by Crippen LogP contribution is -2.41. The van der Waals surface area contributed by atoms with E-state index in [9.17, 15) is 4.79 Å². The van der Waals surface area contributed by atoms with Gasteiger partial charge in [0, 0.05) is 37.8 Å². The van der Waals surface area contributed by atoms with Gasteiger partial charge in [-0.15, -0.1) is 15.3 Å². The molecule has 2 aromatic heterocycles. The lowest BCUT2D eigenvalue weighted by Gasteiger charge is -2.27. The topological polar surface area (TPSA) is 226 Å². The second-order valence-corrected chi connectivity index (χ2v) is 20.4. The number of nitrogens with one attached hydrogen (secondary N) is 2. The van der Waals surface area contributed by atoms with E-state index in [2.05, 4.69) is 30.4 Å². The fraction of sp³-hybridized carbons (Fsp3) is 0.304. The average Bonchev–Trinajstić information content (AvgIpc) is 4.11. The summed E-state index contributed by atoms with van der Waals surface area (Å²) in [5, 5.41) is 24.7. The molecule has 19 nitrogen and oxygen atoms in total. The molecule has 1 aliphatic rings. The molecule has 350 valence electrons. The van der Waals surface area contributed by atoms with Crippen LogP contribution in [0.4, 0.5) is 4.79 Å². The first-order valence-corrected chi connectivity index (χ1v) is 24.1. The van der Waals surface area contributed by atoms with Crippen molar-refractivity contribution in [2.75, 3.05) is 34.4 Å². The zero-order valence-corrected chi connectivity index (χ0v) is 39.3. The Balaban J connectivity index is 1.34. The van der Waals surface area contributed by atoms with Gasteiger partial charge in [-0.3, -0.25) is 5.10 Å². The first-order valence-electron chi connectivity index (χ1n) is 21.2. The largest absolute Gasteiger partial charge is 0.497 e. The van der Waals surface area contributed by atoms with Crippen LogP contribution in [0.5, 0.6) is 17.2 Å². The van der Waals surface area contributed by atoms with E-state index in [0.717, 1.165) is 5.56 Å². The van der Waals surface area contributed by atoms with E-state index in [-0.39, 0.29) is 56.1 Å². The molecule has 0 bridgehead atoms. The summed E-state index contributed by atoms with van der Waals surface area (Å²) in [6.07, 6.45) is -0.357. The number of hydrogen-bond acceptors (Lipinski definition) is 14. The molecule has 2 N–H and O–H groups in total. The summed E-state index contributed by atoms with van der Waals surface area (Å²) >= 11 is 0. The highest BCUT2D eigenvalue weighted by Crippen LogP contribution is 2.43. The maximum atomic E-state index is 16.1. The number of tetrazole rings is 1. The second-order valence-electron chi connectivity index (χ2n) is 16.8. The molecule has 1 atom stereocenters. The minimum atomic E-state index is -4.93. The summed E-state index contributed by atoms with van der Waals surface area (Å²) in [5.41, 5.74) is 2.62. The Labute approximate surface area is 388 Å². The third-order valence-electron chi connectivity index (χ3n) is 11.0. The molecule has 8 rings (SSSR count). The SMILES string of the molecule is COc1ccc(CN(Cc2ccc(OC)cc2)S(=O)(=O)c2c(S(=O)(=O)N[C@@H]3CCN(C(=O)OC(C)(C)C)C3)ccc(-c3cccc4[nH]nnc34)c2-c2nnn(Cc3ccc(OC)cc3)n2)cc1. The number of sulfonamides is 2. The Kier molecular flexibility index (Phi) is 13.3. The molecule has 0 unspecified atom stereocenters. The molecule has 0 spiro atoms. The van der Waals surface area contributed by atoms with Gasteiger partial charge in [0.15, 0.2) is 0 Å². The van der Waals surface area contributed by atoms with Crippen molar-refractivity contribution in [3.8, 4) is 39.8 Å². The van der Waals surface area contributed by atoms with E-state index in [1.165, 1.54) is 40.4 Å². The van der Waals surface area contributed by atoms with Crippen LogP contribution in [0.15, 0.2) is 113 Å². The van der Waals surface area contributed by atoms with Gasteiger partial charge >= 0.3 is 6.09 Å². The average molecular weight is 951 g/mol. The predicted molar refractivity (Wildman–Crippen MR) is 247 cm³/mol. The Morgan fingerprint density at radius 3 is 1.96 bits per heavy atom. The first kappa shape index (κ1) is 46.6. The van der Waals surface area contributed by atoms with Gasteiger partial charge in [-0.25, -0.2) is 26.4 Å². The van der Waals surface area contributed by atoms with Crippen LogP contribution < -0.4 is 18.9 Å². The third kappa shape index (κ3) is 10.4. The van der Waals surface area contributed by atoms with E-state index < -0.39 is 47.6 Å². The van der Waals surface area contributed by atoms with E-state index in [4.69, 9.17) is 24.0 Å². The van der Waals surface area contributed by atoms with E-state index in [0.29, 0.717) is 45.0 Å². The van der Waals surface area contributed by atoms with Gasteiger partial charge in [0.05, 0.1) is 39.0 Å². The number of likely N-dealkylation sites (tertiary alicyclic amines) is 1. The number of H-pyrrole nitrogens is 1. The summed E-state index contributed by atoms with van der Waals surface area (Å²) in [7, 11) is -5.06. The van der Waals surface area contributed by atoms with E-state index in [1.807, 2.05) is 12.1 Å². The maximum Gasteiger partial charge on any atom is 0.410 e. The Bertz CT molecular complexity index is 3050. The maximum absolute atomic E-state index is 16.1. The highest BCUT2D eigenvalue weighted by Gasteiger charge is 2.40. The quantitative estimate of drug-likeness (QED) is 0.113. The fourth-order valence-electron chi connectivity index (χ4n) is 7.73. The summed E-state index contributed by atoms with van der Waals surface area (Å²) < 4.78 is 88.0. The minimum absolute atomic E-state index is 0.0162. The van der Waals surface area contributed by atoms with Crippen molar-refractivity contribution in [1.29, 1.82) is 0 Å². The first-order chi connectivity index (χ1) is 32.0. The number of benzene rings is 5. The molecule has 3 heterocycles. The van der Waals surface area contributed by atoms with Gasteiger partial charge in [-0.1, -0.05) is 59.8 Å². The van der Waals surface area contributed by atoms with Gasteiger partial charge in [0.2, 0.25) is 25.9 Å². The number of carbonyl (C=O) groups excluding carboxylic acids is 1. The molecule has 7 aromatic rings. The van der Waals surface area contributed by atoms with Crippen LogP contribution in [0, 0.1) is 0 Å². The van der Waals surface area contributed by atoms with Crippen molar-refractivity contribution >= 4 is 37.2 Å².